The fourth-order valence-corrected chi connectivity index (χ4v) is 1.50. The number of hydrogen-bond acceptors (Lipinski definition) is 4. The molecular formula is C9H11ClO4. The van der Waals surface area contributed by atoms with Crippen molar-refractivity contribution in [2.75, 3.05) is 13.2 Å². The Morgan fingerprint density at radius 1 is 1.50 bits per heavy atom. The van der Waals surface area contributed by atoms with Gasteiger partial charge in [-0.05, 0) is 30.2 Å². The summed E-state index contributed by atoms with van der Waals surface area (Å²) in [6.45, 7) is 0.573. The maximum Gasteiger partial charge on any atom is 0.217 e. The van der Waals surface area contributed by atoms with Crippen LogP contribution >= 0.6 is 11.6 Å². The van der Waals surface area contributed by atoms with E-state index in [-0.39, 0.29) is 12.7 Å². The predicted molar refractivity (Wildman–Crippen MR) is 49.0 cm³/mol. The van der Waals surface area contributed by atoms with Gasteiger partial charge in [0.2, 0.25) is 6.29 Å². The summed E-state index contributed by atoms with van der Waals surface area (Å²) >= 11 is 5.62. The highest BCUT2D eigenvalue weighted by molar-refractivity contribution is 6.28. The third-order valence-electron chi connectivity index (χ3n) is 2.03. The van der Waals surface area contributed by atoms with Gasteiger partial charge in [0.05, 0.1) is 12.7 Å². The van der Waals surface area contributed by atoms with Gasteiger partial charge in [0.25, 0.3) is 0 Å². The molecule has 2 atom stereocenters. The number of hydrogen-bond donors (Lipinski definition) is 1. The van der Waals surface area contributed by atoms with Gasteiger partial charge in [-0.3, -0.25) is 0 Å². The molecule has 1 aromatic rings. The summed E-state index contributed by atoms with van der Waals surface area (Å²) in [4.78, 5) is 0. The van der Waals surface area contributed by atoms with Gasteiger partial charge in [0, 0.05) is 6.61 Å². The van der Waals surface area contributed by atoms with Crippen LogP contribution in [0, 0.1) is 0 Å². The summed E-state index contributed by atoms with van der Waals surface area (Å²) < 4.78 is 15.9. The zero-order valence-corrected chi connectivity index (χ0v) is 8.24. The molecule has 1 aliphatic heterocycles. The maximum absolute atomic E-state index is 8.71. The lowest BCUT2D eigenvalue weighted by atomic mass is 10.3. The molecule has 5 heteroatoms. The van der Waals surface area contributed by atoms with Crippen molar-refractivity contribution in [3.8, 4) is 0 Å². The van der Waals surface area contributed by atoms with Crippen molar-refractivity contribution in [1.29, 1.82) is 0 Å². The second-order valence-corrected chi connectivity index (χ2v) is 3.45. The first-order valence-corrected chi connectivity index (χ1v) is 4.80. The van der Waals surface area contributed by atoms with E-state index in [0.29, 0.717) is 24.0 Å². The summed E-state index contributed by atoms with van der Waals surface area (Å²) in [6, 6.07) is 3.36. The quantitative estimate of drug-likeness (QED) is 0.840. The highest BCUT2D eigenvalue weighted by atomic mass is 35.5. The maximum atomic E-state index is 8.71. The molecule has 0 aliphatic carbocycles. The van der Waals surface area contributed by atoms with Crippen LogP contribution in [0.25, 0.3) is 0 Å². The van der Waals surface area contributed by atoms with Crippen LogP contribution in [0.2, 0.25) is 5.22 Å². The third-order valence-corrected chi connectivity index (χ3v) is 2.23. The lowest BCUT2D eigenvalue weighted by molar-refractivity contribution is -0.0760. The largest absolute Gasteiger partial charge is 0.444 e. The van der Waals surface area contributed by atoms with Crippen LogP contribution in [-0.4, -0.2) is 24.4 Å². The Kier molecular flexibility index (Phi) is 3.08. The molecule has 1 aliphatic rings. The van der Waals surface area contributed by atoms with Crippen LogP contribution in [0.1, 0.15) is 18.5 Å². The third kappa shape index (κ3) is 2.09. The van der Waals surface area contributed by atoms with E-state index in [4.69, 9.17) is 30.6 Å². The van der Waals surface area contributed by atoms with Crippen molar-refractivity contribution >= 4 is 11.6 Å². The Hall–Kier alpha value is -0.550. The van der Waals surface area contributed by atoms with Crippen LogP contribution in [0.3, 0.4) is 0 Å². The number of aliphatic hydroxyl groups is 1. The molecule has 0 bridgehead atoms. The molecule has 1 N–H and O–H groups in total. The molecule has 0 saturated carbocycles. The molecular weight excluding hydrogens is 208 g/mol. The first kappa shape index (κ1) is 9.98. The van der Waals surface area contributed by atoms with Crippen molar-refractivity contribution in [3.05, 3.63) is 23.1 Å². The smallest absolute Gasteiger partial charge is 0.217 e. The summed E-state index contributed by atoms with van der Waals surface area (Å²) in [6.07, 6.45) is 0.0261. The Morgan fingerprint density at radius 2 is 2.36 bits per heavy atom. The average molecular weight is 219 g/mol. The zero-order valence-electron chi connectivity index (χ0n) is 7.48. The van der Waals surface area contributed by atoms with Crippen LogP contribution in [0.5, 0.6) is 0 Å². The lowest BCUT2D eigenvalue weighted by Gasteiger charge is -2.07. The first-order valence-electron chi connectivity index (χ1n) is 4.43. The number of ether oxygens (including phenoxy) is 2. The molecule has 0 radical (unpaired) electrons. The molecule has 4 nitrogen and oxygen atoms in total. The fourth-order valence-electron chi connectivity index (χ4n) is 1.35. The van der Waals surface area contributed by atoms with E-state index in [2.05, 4.69) is 0 Å². The molecule has 2 unspecified atom stereocenters. The standard InChI is InChI=1S/C9H11ClO4/c10-8-2-1-7(14-8)9-12-5-6(13-9)3-4-11/h1-2,6,9,11H,3-5H2. The zero-order chi connectivity index (χ0) is 9.97. The van der Waals surface area contributed by atoms with Crippen LogP contribution in [-0.2, 0) is 9.47 Å². The molecule has 2 heterocycles. The molecule has 1 aromatic heterocycles. The van der Waals surface area contributed by atoms with Gasteiger partial charge in [-0.2, -0.15) is 0 Å². The molecule has 0 aromatic carbocycles. The minimum absolute atomic E-state index is 0.0612. The second-order valence-electron chi connectivity index (χ2n) is 3.08. The fraction of sp³-hybridized carbons (Fsp3) is 0.556. The van der Waals surface area contributed by atoms with Crippen molar-refractivity contribution in [2.24, 2.45) is 0 Å². The van der Waals surface area contributed by atoms with E-state index < -0.39 is 6.29 Å². The first-order chi connectivity index (χ1) is 6.79. The van der Waals surface area contributed by atoms with Crippen molar-refractivity contribution in [2.45, 2.75) is 18.8 Å². The number of halogens is 1. The predicted octanol–water partition coefficient (Wildman–Crippen LogP) is 1.73. The Morgan fingerprint density at radius 3 is 3.00 bits per heavy atom. The van der Waals surface area contributed by atoms with Gasteiger partial charge >= 0.3 is 0 Å². The van der Waals surface area contributed by atoms with Gasteiger partial charge in [-0.25, -0.2) is 0 Å². The Bertz CT molecular complexity index is 299. The van der Waals surface area contributed by atoms with Gasteiger partial charge in [0.1, 0.15) is 0 Å². The van der Waals surface area contributed by atoms with Gasteiger partial charge in [0.15, 0.2) is 11.0 Å². The molecule has 0 amide bonds. The Labute approximate surface area is 86.4 Å². The van der Waals surface area contributed by atoms with Crippen molar-refractivity contribution < 1.29 is 19.0 Å². The van der Waals surface area contributed by atoms with E-state index >= 15 is 0 Å². The van der Waals surface area contributed by atoms with Crippen molar-refractivity contribution in [1.82, 2.24) is 0 Å². The highest BCUT2D eigenvalue weighted by Gasteiger charge is 2.29. The van der Waals surface area contributed by atoms with Gasteiger partial charge in [-0.15, -0.1) is 0 Å². The normalized spacial score (nSPS) is 27.0. The van der Waals surface area contributed by atoms with Gasteiger partial charge < -0.3 is 19.0 Å². The van der Waals surface area contributed by atoms with Crippen molar-refractivity contribution in [3.63, 3.8) is 0 Å². The summed E-state index contributed by atoms with van der Waals surface area (Å²) in [5, 5.41) is 9.02. The topological polar surface area (TPSA) is 51.8 Å². The average Bonchev–Trinajstić information content (AvgIpc) is 2.74. The number of furan rings is 1. The Balaban J connectivity index is 1.95. The van der Waals surface area contributed by atoms with E-state index in [1.807, 2.05) is 0 Å². The summed E-state index contributed by atoms with van der Waals surface area (Å²) in [7, 11) is 0. The highest BCUT2D eigenvalue weighted by Crippen LogP contribution is 2.30. The van der Waals surface area contributed by atoms with E-state index in [9.17, 15) is 0 Å². The van der Waals surface area contributed by atoms with Crippen LogP contribution < -0.4 is 0 Å². The summed E-state index contributed by atoms with van der Waals surface area (Å²) in [5.41, 5.74) is 0. The molecule has 14 heavy (non-hydrogen) atoms. The molecule has 2 rings (SSSR count). The van der Waals surface area contributed by atoms with Gasteiger partial charge in [-0.1, -0.05) is 0 Å². The minimum atomic E-state index is -0.487. The van der Waals surface area contributed by atoms with Crippen LogP contribution in [0.15, 0.2) is 16.5 Å². The molecule has 1 saturated heterocycles. The SMILES string of the molecule is OCCC1COC(c2ccc(Cl)o2)O1. The molecule has 0 spiro atoms. The monoisotopic (exact) mass is 218 g/mol. The lowest BCUT2D eigenvalue weighted by Crippen LogP contribution is -2.11. The van der Waals surface area contributed by atoms with Crippen LogP contribution in [0.4, 0.5) is 0 Å². The van der Waals surface area contributed by atoms with E-state index in [1.165, 1.54) is 0 Å². The summed E-state index contributed by atoms with van der Waals surface area (Å²) in [5.74, 6) is 0.565. The number of rotatable bonds is 3. The van der Waals surface area contributed by atoms with E-state index in [0.717, 1.165) is 0 Å². The molecule has 78 valence electrons. The molecule has 1 fully saturated rings. The minimum Gasteiger partial charge on any atom is -0.444 e. The van der Waals surface area contributed by atoms with E-state index in [1.54, 1.807) is 12.1 Å². The number of aliphatic hydroxyl groups excluding tert-OH is 1. The second kappa shape index (κ2) is 4.31.